The maximum Gasteiger partial charge on any atom is 0.143 e. The van der Waals surface area contributed by atoms with Crippen molar-refractivity contribution in [1.29, 1.82) is 0 Å². The lowest BCUT2D eigenvalue weighted by Crippen LogP contribution is -2.26. The molecule has 170 valence electrons. The number of nitrogens with zero attached hydrogens (tertiary/aromatic N) is 4. The minimum absolute atomic E-state index is 0.124. The largest absolute Gasteiger partial charge is 0.263 e. The second-order valence-electron chi connectivity index (χ2n) is 8.40. The lowest BCUT2D eigenvalue weighted by atomic mass is 10.2. The van der Waals surface area contributed by atoms with Crippen LogP contribution in [0.2, 0.25) is 0 Å². The monoisotopic (exact) mass is 464 g/mol. The van der Waals surface area contributed by atoms with Crippen LogP contribution in [0.25, 0.3) is 11.0 Å². The second kappa shape index (κ2) is 10.2. The fraction of sp³-hybridized carbons (Fsp3) is 0.172. The summed E-state index contributed by atoms with van der Waals surface area (Å²) in [5.41, 5.74) is 1.93. The summed E-state index contributed by atoms with van der Waals surface area (Å²) in [6.45, 7) is 2.23. The fourth-order valence-corrected chi connectivity index (χ4v) is 8.22. The molecule has 1 atom stereocenters. The molecule has 0 bridgehead atoms. The number of hydrogen-bond acceptors (Lipinski definition) is 3. The Labute approximate surface area is 201 Å². The van der Waals surface area contributed by atoms with Crippen molar-refractivity contribution >= 4 is 34.0 Å². The Bertz CT molecular complexity index is 1290. The normalized spacial score (nSPS) is 12.5. The summed E-state index contributed by atoms with van der Waals surface area (Å²) in [4.78, 5) is 0. The molecule has 4 aromatic carbocycles. The molecule has 5 rings (SSSR count). The lowest BCUT2D eigenvalue weighted by molar-refractivity contribution is 0.432. The highest BCUT2D eigenvalue weighted by atomic mass is 31.2. The van der Waals surface area contributed by atoms with Crippen LogP contribution in [-0.4, -0.2) is 15.0 Å². The Morgan fingerprint density at radius 3 is 1.74 bits per heavy atom. The molecule has 0 radical (unpaired) electrons. The minimum Gasteiger partial charge on any atom is -0.263 e. The predicted molar refractivity (Wildman–Crippen MR) is 144 cm³/mol. The van der Waals surface area contributed by atoms with Crippen LogP contribution in [0.3, 0.4) is 0 Å². The maximum absolute atomic E-state index is 5.82. The zero-order valence-corrected chi connectivity index (χ0v) is 20.3. The molecule has 0 spiro atoms. The number of aromatic nitrogens is 3. The van der Waals surface area contributed by atoms with E-state index >= 15 is 0 Å². The predicted octanol–water partition coefficient (Wildman–Crippen LogP) is 6.30. The number of unbranched alkanes of at least 4 members (excludes halogenated alkanes) is 1. The molecule has 4 nitrogen and oxygen atoms in total. The molecular weight excluding hydrogens is 435 g/mol. The molecule has 1 aromatic heterocycles. The molecule has 5 heteroatoms. The van der Waals surface area contributed by atoms with Gasteiger partial charge in [0.25, 0.3) is 0 Å². The second-order valence-corrected chi connectivity index (χ2v) is 11.5. The summed E-state index contributed by atoms with van der Waals surface area (Å²) in [5.74, 6) is 0. The van der Waals surface area contributed by atoms with E-state index < -0.39 is 7.05 Å². The summed E-state index contributed by atoms with van der Waals surface area (Å²) >= 11 is 0. The van der Waals surface area contributed by atoms with Crippen molar-refractivity contribution in [3.63, 3.8) is 0 Å². The number of benzene rings is 4. The molecule has 34 heavy (non-hydrogen) atoms. The van der Waals surface area contributed by atoms with Gasteiger partial charge >= 0.3 is 0 Å². The topological polar surface area (TPSA) is 43.1 Å². The molecule has 1 heterocycles. The molecule has 0 N–H and O–H groups in total. The van der Waals surface area contributed by atoms with Crippen molar-refractivity contribution in [2.24, 2.45) is 4.74 Å². The van der Waals surface area contributed by atoms with Crippen LogP contribution in [0.1, 0.15) is 32.4 Å². The summed E-state index contributed by atoms with van der Waals surface area (Å²) < 4.78 is 7.86. The van der Waals surface area contributed by atoms with Gasteiger partial charge in [-0.25, -0.2) is 4.68 Å². The Morgan fingerprint density at radius 2 is 1.21 bits per heavy atom. The summed E-state index contributed by atoms with van der Waals surface area (Å²) in [7, 11) is -2.33. The van der Waals surface area contributed by atoms with E-state index in [1.54, 1.807) is 0 Å². The first kappa shape index (κ1) is 22.3. The molecule has 0 aliphatic heterocycles. The van der Waals surface area contributed by atoms with Gasteiger partial charge < -0.3 is 0 Å². The van der Waals surface area contributed by atoms with E-state index in [-0.39, 0.29) is 6.17 Å². The summed E-state index contributed by atoms with van der Waals surface area (Å²) in [6, 6.07) is 40.5. The van der Waals surface area contributed by atoms with Crippen molar-refractivity contribution in [1.82, 2.24) is 15.0 Å². The maximum atomic E-state index is 5.82. The smallest absolute Gasteiger partial charge is 0.143 e. The first-order valence-corrected chi connectivity index (χ1v) is 13.7. The zero-order chi connectivity index (χ0) is 23.2. The SMILES string of the molecule is CCCCC(N=P(c1ccccc1)(c1ccccc1)c1ccccc1)n1nnc2ccccc21. The van der Waals surface area contributed by atoms with Gasteiger partial charge in [0.05, 0.1) is 12.6 Å². The van der Waals surface area contributed by atoms with Gasteiger partial charge in [0, 0.05) is 15.9 Å². The molecule has 0 aliphatic rings. The lowest BCUT2D eigenvalue weighted by Gasteiger charge is -2.29. The van der Waals surface area contributed by atoms with Gasteiger partial charge in [-0.3, -0.25) is 4.74 Å². The van der Waals surface area contributed by atoms with Crippen LogP contribution in [-0.2, 0) is 0 Å². The third kappa shape index (κ3) is 4.22. The molecule has 0 saturated carbocycles. The average Bonchev–Trinajstić information content (AvgIpc) is 3.35. The highest BCUT2D eigenvalue weighted by molar-refractivity contribution is 7.87. The number of fused-ring (bicyclic) bond motifs is 1. The highest BCUT2D eigenvalue weighted by Crippen LogP contribution is 2.49. The third-order valence-corrected chi connectivity index (χ3v) is 9.92. The van der Waals surface area contributed by atoms with E-state index in [0.717, 1.165) is 30.3 Å². The van der Waals surface area contributed by atoms with Crippen molar-refractivity contribution in [3.05, 3.63) is 115 Å². The Hall–Kier alpha value is -3.49. The van der Waals surface area contributed by atoms with Crippen molar-refractivity contribution in [2.75, 3.05) is 0 Å². The van der Waals surface area contributed by atoms with Gasteiger partial charge in [-0.2, -0.15) is 0 Å². The summed E-state index contributed by atoms with van der Waals surface area (Å²) in [5, 5.41) is 12.8. The van der Waals surface area contributed by atoms with E-state index in [4.69, 9.17) is 4.74 Å². The zero-order valence-electron chi connectivity index (χ0n) is 19.4. The van der Waals surface area contributed by atoms with Gasteiger partial charge in [0.15, 0.2) is 0 Å². The third-order valence-electron chi connectivity index (χ3n) is 6.17. The molecule has 5 aromatic rings. The number of hydrogen-bond donors (Lipinski definition) is 0. The van der Waals surface area contributed by atoms with Crippen LogP contribution in [0.5, 0.6) is 0 Å². The van der Waals surface area contributed by atoms with Gasteiger partial charge in [-0.1, -0.05) is 122 Å². The van der Waals surface area contributed by atoms with Crippen molar-refractivity contribution in [2.45, 2.75) is 32.4 Å². The fourth-order valence-electron chi connectivity index (χ4n) is 4.50. The Morgan fingerprint density at radius 1 is 0.706 bits per heavy atom. The van der Waals surface area contributed by atoms with Crippen LogP contribution >= 0.6 is 7.05 Å². The van der Waals surface area contributed by atoms with E-state index in [9.17, 15) is 0 Å². The molecule has 0 fully saturated rings. The van der Waals surface area contributed by atoms with E-state index in [1.807, 2.05) is 22.9 Å². The van der Waals surface area contributed by atoms with Crippen LogP contribution in [0.15, 0.2) is 120 Å². The van der Waals surface area contributed by atoms with Crippen LogP contribution in [0, 0.1) is 0 Å². The Kier molecular flexibility index (Phi) is 6.69. The molecule has 0 aliphatic carbocycles. The average molecular weight is 465 g/mol. The number of rotatable bonds is 8. The van der Waals surface area contributed by atoms with E-state index in [2.05, 4.69) is 114 Å². The van der Waals surface area contributed by atoms with Crippen LogP contribution in [0.4, 0.5) is 0 Å². The Balaban J connectivity index is 1.85. The van der Waals surface area contributed by atoms with Gasteiger partial charge in [-0.05, 0) is 25.0 Å². The first-order chi connectivity index (χ1) is 16.8. The number of para-hydroxylation sites is 1. The standard InChI is InChI=1S/C29H29N4P/c1-2-3-23-29(33-28-22-14-13-21-27(28)30-32-33)31-34(24-15-7-4-8-16-24,25-17-9-5-10-18-25)26-19-11-6-12-20-26/h4-22,29H,2-3,23H2,1H3. The van der Waals surface area contributed by atoms with E-state index in [1.165, 1.54) is 15.9 Å². The van der Waals surface area contributed by atoms with E-state index in [0.29, 0.717) is 0 Å². The first-order valence-electron chi connectivity index (χ1n) is 11.9. The molecule has 0 saturated heterocycles. The summed E-state index contributed by atoms with van der Waals surface area (Å²) in [6.07, 6.45) is 2.96. The molecule has 1 unspecified atom stereocenters. The van der Waals surface area contributed by atoms with Gasteiger partial charge in [0.2, 0.25) is 0 Å². The molecule has 0 amide bonds. The highest BCUT2D eigenvalue weighted by Gasteiger charge is 2.29. The van der Waals surface area contributed by atoms with Crippen molar-refractivity contribution < 1.29 is 0 Å². The quantitative estimate of drug-likeness (QED) is 0.253. The van der Waals surface area contributed by atoms with Gasteiger partial charge in [-0.15, -0.1) is 5.10 Å². The minimum atomic E-state index is -2.33. The van der Waals surface area contributed by atoms with Gasteiger partial charge in [0.1, 0.15) is 11.7 Å². The molecular formula is C29H29N4P. The van der Waals surface area contributed by atoms with Crippen LogP contribution < -0.4 is 15.9 Å². The van der Waals surface area contributed by atoms with Crippen molar-refractivity contribution in [3.8, 4) is 0 Å².